The van der Waals surface area contributed by atoms with Gasteiger partial charge in [0.1, 0.15) is 0 Å². The minimum Gasteiger partial charge on any atom is -0.664 e. The van der Waals surface area contributed by atoms with Crippen molar-refractivity contribution in [2.45, 2.75) is 39.5 Å². The van der Waals surface area contributed by atoms with Gasteiger partial charge in [0.2, 0.25) is 0 Å². The number of primary sulfonamides is 1. The molecule has 0 aliphatic carbocycles. The van der Waals surface area contributed by atoms with Gasteiger partial charge in [-0.1, -0.05) is 65.0 Å². The molecule has 0 bridgehead atoms. The van der Waals surface area contributed by atoms with Crippen LogP contribution in [0.1, 0.15) is 43.6 Å². The molecule has 25 heavy (non-hydrogen) atoms. The van der Waals surface area contributed by atoms with Crippen LogP contribution >= 0.6 is 0 Å². The zero-order chi connectivity index (χ0) is 19.2. The van der Waals surface area contributed by atoms with Crippen LogP contribution in [0.3, 0.4) is 0 Å². The molecule has 2 aromatic rings. The van der Waals surface area contributed by atoms with Crippen LogP contribution in [0.2, 0.25) is 0 Å². The topological polar surface area (TPSA) is 101 Å². The van der Waals surface area contributed by atoms with E-state index >= 15 is 0 Å². The third kappa shape index (κ3) is 12.9. The van der Waals surface area contributed by atoms with Crippen molar-refractivity contribution in [2.24, 2.45) is 5.14 Å². The number of nitrogens with two attached hydrogens (primary N) is 1. The van der Waals surface area contributed by atoms with E-state index in [1.165, 1.54) is 6.07 Å². The average molecular weight is 439 g/mol. The Morgan fingerprint density at radius 1 is 1.04 bits per heavy atom. The Bertz CT molecular complexity index is 690. The van der Waals surface area contributed by atoms with Crippen molar-refractivity contribution < 1.29 is 45.9 Å². The zero-order valence-electron chi connectivity index (χ0n) is 15.4. The number of hydrogen-bond acceptors (Lipinski definition) is 3. The normalized spacial score (nSPS) is 8.72. The van der Waals surface area contributed by atoms with Crippen LogP contribution in [0, 0.1) is 13.0 Å². The third-order valence-electron chi connectivity index (χ3n) is 2.38. The largest absolute Gasteiger partial charge is 0.664 e. The molecule has 0 saturated carbocycles. The number of hydrogen-bond donors (Lipinski definition) is 1. The van der Waals surface area contributed by atoms with E-state index < -0.39 is 15.9 Å². The van der Waals surface area contributed by atoms with Gasteiger partial charge in [-0.25, -0.2) is 13.6 Å². The van der Waals surface area contributed by atoms with Crippen molar-refractivity contribution in [1.29, 1.82) is 0 Å². The molecule has 0 heterocycles. The molecular formula is C18H26N2O3SY-2. The molecule has 0 aromatic heterocycles. The Balaban J connectivity index is -0.000000316. The van der Waals surface area contributed by atoms with Crippen molar-refractivity contribution in [3.8, 4) is 0 Å². The van der Waals surface area contributed by atoms with Gasteiger partial charge < -0.3 is 10.5 Å². The van der Waals surface area contributed by atoms with Crippen molar-refractivity contribution >= 4 is 15.9 Å². The van der Waals surface area contributed by atoms with Gasteiger partial charge in [0.25, 0.3) is 0 Å². The Hall–Kier alpha value is -1.08. The summed E-state index contributed by atoms with van der Waals surface area (Å²) in [5.74, 6) is -0.629. The maximum Gasteiger partial charge on any atom is 0.191 e. The first-order valence-electron chi connectivity index (χ1n) is 7.63. The maximum atomic E-state index is 10.8. The van der Waals surface area contributed by atoms with Crippen LogP contribution in [0.5, 0.6) is 0 Å². The van der Waals surface area contributed by atoms with Crippen LogP contribution < -0.4 is 5.14 Å². The summed E-state index contributed by atoms with van der Waals surface area (Å²) >= 11 is 0. The molecule has 0 unspecified atom stereocenters. The maximum absolute atomic E-state index is 10.8. The molecule has 2 rings (SSSR count). The molecule has 0 aliphatic heterocycles. The first-order chi connectivity index (χ1) is 11.3. The Morgan fingerprint density at radius 2 is 1.52 bits per heavy atom. The first-order valence-corrected chi connectivity index (χ1v) is 9.17. The van der Waals surface area contributed by atoms with E-state index in [2.05, 4.69) is 6.07 Å². The van der Waals surface area contributed by atoms with Crippen LogP contribution in [-0.2, 0) is 42.7 Å². The van der Waals surface area contributed by atoms with E-state index in [0.29, 0.717) is 11.1 Å². The van der Waals surface area contributed by atoms with Crippen LogP contribution in [0.25, 0.3) is 5.73 Å². The SMILES string of the molecule is CC.CC.Cc1cc[c-]cc1S(N)(=O)=O.[NH-]C(=O)c1ccccc1.[Y]. The molecular weight excluding hydrogens is 413 g/mol. The van der Waals surface area contributed by atoms with Gasteiger partial charge in [0.15, 0.2) is 10.0 Å². The Labute approximate surface area is 177 Å². The molecule has 0 spiro atoms. The fourth-order valence-corrected chi connectivity index (χ4v) is 2.14. The van der Waals surface area contributed by atoms with E-state index in [-0.39, 0.29) is 37.6 Å². The van der Waals surface area contributed by atoms with Gasteiger partial charge >= 0.3 is 0 Å². The molecule has 1 radical (unpaired) electrons. The summed E-state index contributed by atoms with van der Waals surface area (Å²) in [6, 6.07) is 15.8. The zero-order valence-corrected chi connectivity index (χ0v) is 19.1. The second-order valence-electron chi connectivity index (χ2n) is 3.93. The molecule has 2 aromatic carbocycles. The molecule has 5 nitrogen and oxygen atoms in total. The molecule has 7 heteroatoms. The van der Waals surface area contributed by atoms with Crippen molar-refractivity contribution in [1.82, 2.24) is 0 Å². The molecule has 0 saturated heterocycles. The average Bonchev–Trinajstić information content (AvgIpc) is 2.59. The summed E-state index contributed by atoms with van der Waals surface area (Å²) in [7, 11) is -3.56. The third-order valence-corrected chi connectivity index (χ3v) is 3.43. The second kappa shape index (κ2) is 16.4. The standard InChI is InChI=1S/C7H8NO2S.C7H7NO.2C2H6.Y/c1-6-4-2-3-5-7(6)11(8,9)10;8-7(9)6-4-2-1-3-5-6;2*1-2;/h2,4-5H,1H3,(H2,8,9,10);1-5H,(H2,8,9);2*1-2H3;/q-1;;;;/p-1. The molecule has 3 N–H and O–H groups in total. The van der Waals surface area contributed by atoms with Gasteiger partial charge in [-0.2, -0.15) is 24.3 Å². The summed E-state index contributed by atoms with van der Waals surface area (Å²) in [5, 5.41) is 4.91. The van der Waals surface area contributed by atoms with Crippen molar-refractivity contribution in [2.75, 3.05) is 0 Å². The molecule has 0 fully saturated rings. The van der Waals surface area contributed by atoms with E-state index in [1.807, 2.05) is 33.8 Å². The van der Waals surface area contributed by atoms with E-state index in [0.717, 1.165) is 0 Å². The smallest absolute Gasteiger partial charge is 0.191 e. The number of carbonyl (C=O) groups is 1. The number of carbonyl (C=O) groups excluding carboxylic acids is 1. The van der Waals surface area contributed by atoms with Gasteiger partial charge in [-0.05, 0) is 10.5 Å². The first kappa shape index (κ1) is 28.7. The number of rotatable bonds is 2. The summed E-state index contributed by atoms with van der Waals surface area (Å²) in [6.07, 6.45) is 0. The number of aryl methyl sites for hydroxylation is 1. The van der Waals surface area contributed by atoms with E-state index in [1.54, 1.807) is 43.3 Å². The van der Waals surface area contributed by atoms with Gasteiger partial charge in [0.05, 0.1) is 5.91 Å². The molecule has 0 atom stereocenters. The summed E-state index contributed by atoms with van der Waals surface area (Å²) in [5.41, 5.74) is 7.77. The van der Waals surface area contributed by atoms with Gasteiger partial charge in [0, 0.05) is 32.7 Å². The van der Waals surface area contributed by atoms with Gasteiger partial charge in [-0.3, -0.25) is 0 Å². The summed E-state index contributed by atoms with van der Waals surface area (Å²) < 4.78 is 21.6. The van der Waals surface area contributed by atoms with E-state index in [9.17, 15) is 13.2 Å². The Morgan fingerprint density at radius 3 is 1.80 bits per heavy atom. The fourth-order valence-electron chi connectivity index (χ4n) is 1.39. The predicted octanol–water partition coefficient (Wildman–Crippen LogP) is 4.37. The van der Waals surface area contributed by atoms with Crippen LogP contribution in [0.15, 0.2) is 53.4 Å². The Kier molecular flexibility index (Phi) is 18.8. The minimum atomic E-state index is -3.56. The number of nitrogens with one attached hydrogen (secondary N) is 1. The van der Waals surface area contributed by atoms with Crippen LogP contribution in [0.4, 0.5) is 0 Å². The number of sulfonamides is 1. The van der Waals surface area contributed by atoms with Crippen molar-refractivity contribution in [3.63, 3.8) is 0 Å². The number of amides is 1. The van der Waals surface area contributed by atoms with Crippen LogP contribution in [-0.4, -0.2) is 14.3 Å². The second-order valence-corrected chi connectivity index (χ2v) is 5.46. The molecule has 0 aliphatic rings. The molecule has 137 valence electrons. The van der Waals surface area contributed by atoms with Crippen molar-refractivity contribution in [3.05, 3.63) is 71.5 Å². The predicted molar refractivity (Wildman–Crippen MR) is 99.2 cm³/mol. The summed E-state index contributed by atoms with van der Waals surface area (Å²) in [6.45, 7) is 9.69. The number of benzene rings is 2. The van der Waals surface area contributed by atoms with E-state index in [4.69, 9.17) is 10.9 Å². The monoisotopic (exact) mass is 439 g/mol. The molecule has 1 amide bonds. The summed E-state index contributed by atoms with van der Waals surface area (Å²) in [4.78, 5) is 10.5. The fraction of sp³-hybridized carbons (Fsp3) is 0.278. The quantitative estimate of drug-likeness (QED) is 0.703. The minimum absolute atomic E-state index is 0. The van der Waals surface area contributed by atoms with Gasteiger partial charge in [-0.15, -0.1) is 5.56 Å².